The third-order valence-corrected chi connectivity index (χ3v) is 6.26. The molecule has 3 heterocycles. The van der Waals surface area contributed by atoms with Crippen LogP contribution in [-0.2, 0) is 0 Å². The summed E-state index contributed by atoms with van der Waals surface area (Å²) in [6.07, 6.45) is 6.65. The van der Waals surface area contributed by atoms with E-state index in [1.807, 2.05) is 18.3 Å². The SMILES string of the molecule is CC(C)n1ccc2c(C(=O)NC3CC4CCC(C3)N4C)cc(Cl)cc21. The number of halogens is 1. The first-order valence-corrected chi connectivity index (χ1v) is 9.64. The van der Waals surface area contributed by atoms with Crippen LogP contribution in [0.25, 0.3) is 10.9 Å². The number of carbonyl (C=O) groups excluding carboxylic acids is 1. The molecular formula is C20H26ClN3O. The first-order valence-electron chi connectivity index (χ1n) is 9.27. The largest absolute Gasteiger partial charge is 0.349 e. The first-order chi connectivity index (χ1) is 11.9. The van der Waals surface area contributed by atoms with Gasteiger partial charge >= 0.3 is 0 Å². The Kier molecular flexibility index (Phi) is 4.28. The Morgan fingerprint density at radius 3 is 2.56 bits per heavy atom. The minimum absolute atomic E-state index is 0.00274. The van der Waals surface area contributed by atoms with Crippen molar-refractivity contribution in [3.8, 4) is 0 Å². The van der Waals surface area contributed by atoms with Gasteiger partial charge in [-0.05, 0) is 64.8 Å². The molecule has 134 valence electrons. The number of amides is 1. The molecule has 2 aromatic rings. The zero-order valence-corrected chi connectivity index (χ0v) is 15.9. The molecule has 0 spiro atoms. The smallest absolute Gasteiger partial charge is 0.252 e. The number of aromatic nitrogens is 1. The molecule has 0 saturated carbocycles. The molecule has 2 unspecified atom stereocenters. The summed E-state index contributed by atoms with van der Waals surface area (Å²) in [7, 11) is 2.22. The van der Waals surface area contributed by atoms with Crippen molar-refractivity contribution >= 4 is 28.4 Å². The van der Waals surface area contributed by atoms with Gasteiger partial charge in [-0.3, -0.25) is 4.79 Å². The van der Waals surface area contributed by atoms with Gasteiger partial charge in [-0.15, -0.1) is 0 Å². The van der Waals surface area contributed by atoms with Crippen LogP contribution in [0, 0.1) is 0 Å². The van der Waals surface area contributed by atoms with Gasteiger partial charge in [0.2, 0.25) is 0 Å². The second-order valence-corrected chi connectivity index (χ2v) is 8.33. The summed E-state index contributed by atoms with van der Waals surface area (Å²) in [5, 5.41) is 4.87. The highest BCUT2D eigenvalue weighted by molar-refractivity contribution is 6.32. The van der Waals surface area contributed by atoms with Crippen LogP contribution >= 0.6 is 11.6 Å². The molecule has 0 aliphatic carbocycles. The molecule has 4 rings (SSSR count). The Labute approximate surface area is 154 Å². The molecule has 25 heavy (non-hydrogen) atoms. The Hall–Kier alpha value is -1.52. The van der Waals surface area contributed by atoms with E-state index in [1.54, 1.807) is 6.07 Å². The van der Waals surface area contributed by atoms with Gasteiger partial charge in [-0.25, -0.2) is 0 Å². The summed E-state index contributed by atoms with van der Waals surface area (Å²) in [4.78, 5) is 15.5. The van der Waals surface area contributed by atoms with Crippen molar-refractivity contribution in [1.82, 2.24) is 14.8 Å². The normalized spacial score (nSPS) is 26.5. The number of rotatable bonds is 3. The first kappa shape index (κ1) is 16.9. The van der Waals surface area contributed by atoms with E-state index in [0.717, 1.165) is 23.7 Å². The lowest BCUT2D eigenvalue weighted by Crippen LogP contribution is -2.48. The molecule has 0 radical (unpaired) electrons. The summed E-state index contributed by atoms with van der Waals surface area (Å²) < 4.78 is 2.16. The lowest BCUT2D eigenvalue weighted by molar-refractivity contribution is 0.0884. The highest BCUT2D eigenvalue weighted by Gasteiger charge is 2.38. The van der Waals surface area contributed by atoms with Crippen molar-refractivity contribution in [3.05, 3.63) is 35.0 Å². The molecule has 1 aromatic carbocycles. The van der Waals surface area contributed by atoms with E-state index in [9.17, 15) is 4.79 Å². The third kappa shape index (κ3) is 2.96. The van der Waals surface area contributed by atoms with E-state index in [4.69, 9.17) is 11.6 Å². The second kappa shape index (κ2) is 6.33. The fourth-order valence-corrected chi connectivity index (χ4v) is 4.87. The number of carbonyl (C=O) groups is 1. The standard InChI is InChI=1S/C20H26ClN3O/c1-12(2)24-7-6-17-18(8-13(21)9-19(17)24)20(25)22-14-10-15-4-5-16(11-14)23(15)3/h6-9,12,14-16H,4-5,10-11H2,1-3H3,(H,22,25). The topological polar surface area (TPSA) is 37.3 Å². The number of benzene rings is 1. The number of fused-ring (bicyclic) bond motifs is 3. The molecule has 4 nitrogen and oxygen atoms in total. The Bertz CT molecular complexity index is 799. The average molecular weight is 360 g/mol. The van der Waals surface area contributed by atoms with Crippen LogP contribution in [0.15, 0.2) is 24.4 Å². The number of nitrogens with one attached hydrogen (secondary N) is 1. The summed E-state index contributed by atoms with van der Waals surface area (Å²) in [5.74, 6) is 0.00274. The molecule has 1 aromatic heterocycles. The molecular weight excluding hydrogens is 334 g/mol. The van der Waals surface area contributed by atoms with Gasteiger partial charge in [0.1, 0.15) is 0 Å². The van der Waals surface area contributed by atoms with Crippen LogP contribution in [0.5, 0.6) is 0 Å². The van der Waals surface area contributed by atoms with Crippen molar-refractivity contribution < 1.29 is 4.79 Å². The summed E-state index contributed by atoms with van der Waals surface area (Å²) in [5.41, 5.74) is 1.71. The van der Waals surface area contributed by atoms with Crippen molar-refractivity contribution in [1.29, 1.82) is 0 Å². The minimum atomic E-state index is 0.00274. The average Bonchev–Trinajstić information content (AvgIpc) is 3.04. The summed E-state index contributed by atoms with van der Waals surface area (Å²) >= 11 is 6.32. The number of nitrogens with zero attached hydrogens (tertiary/aromatic N) is 2. The lowest BCUT2D eigenvalue weighted by Gasteiger charge is -2.36. The highest BCUT2D eigenvalue weighted by atomic mass is 35.5. The number of hydrogen-bond acceptors (Lipinski definition) is 2. The maximum atomic E-state index is 13.0. The molecule has 2 saturated heterocycles. The van der Waals surface area contributed by atoms with E-state index < -0.39 is 0 Å². The Balaban J connectivity index is 1.60. The number of hydrogen-bond donors (Lipinski definition) is 1. The Morgan fingerprint density at radius 2 is 1.92 bits per heavy atom. The lowest BCUT2D eigenvalue weighted by atomic mass is 9.97. The molecule has 2 atom stereocenters. The molecule has 2 bridgehead atoms. The molecule has 5 heteroatoms. The second-order valence-electron chi connectivity index (χ2n) is 7.90. The van der Waals surface area contributed by atoms with Crippen LogP contribution in [0.3, 0.4) is 0 Å². The molecule has 1 N–H and O–H groups in total. The van der Waals surface area contributed by atoms with Crippen LogP contribution in [0.1, 0.15) is 55.9 Å². The maximum Gasteiger partial charge on any atom is 0.252 e. The van der Waals surface area contributed by atoms with Crippen LogP contribution in [0.4, 0.5) is 0 Å². The third-order valence-electron chi connectivity index (χ3n) is 6.04. The molecule has 2 aliphatic rings. The zero-order chi connectivity index (χ0) is 17.7. The quantitative estimate of drug-likeness (QED) is 0.890. The summed E-state index contributed by atoms with van der Waals surface area (Å²) in [6.45, 7) is 4.27. The van der Waals surface area contributed by atoms with Crippen molar-refractivity contribution in [2.45, 2.75) is 63.7 Å². The Morgan fingerprint density at radius 1 is 1.24 bits per heavy atom. The van der Waals surface area contributed by atoms with Gasteiger partial charge < -0.3 is 14.8 Å². The van der Waals surface area contributed by atoms with Crippen molar-refractivity contribution in [2.24, 2.45) is 0 Å². The molecule has 2 aliphatic heterocycles. The minimum Gasteiger partial charge on any atom is -0.349 e. The van der Waals surface area contributed by atoms with Crippen LogP contribution in [-0.4, -0.2) is 40.5 Å². The van der Waals surface area contributed by atoms with Crippen LogP contribution < -0.4 is 5.32 Å². The van der Waals surface area contributed by atoms with Gasteiger partial charge in [0.15, 0.2) is 0 Å². The van der Waals surface area contributed by atoms with Crippen LogP contribution in [0.2, 0.25) is 5.02 Å². The van der Waals surface area contributed by atoms with E-state index in [2.05, 4.69) is 35.7 Å². The van der Waals surface area contributed by atoms with Crippen molar-refractivity contribution in [2.75, 3.05) is 7.05 Å². The van der Waals surface area contributed by atoms with Gasteiger partial charge in [0.25, 0.3) is 5.91 Å². The molecule has 1 amide bonds. The predicted molar refractivity (Wildman–Crippen MR) is 102 cm³/mol. The molecule has 2 fully saturated rings. The van der Waals surface area contributed by atoms with Gasteiger partial charge in [0, 0.05) is 40.8 Å². The van der Waals surface area contributed by atoms with Gasteiger partial charge in [-0.2, -0.15) is 0 Å². The van der Waals surface area contributed by atoms with E-state index in [1.165, 1.54) is 12.8 Å². The summed E-state index contributed by atoms with van der Waals surface area (Å²) in [6, 6.07) is 7.60. The van der Waals surface area contributed by atoms with E-state index in [-0.39, 0.29) is 11.9 Å². The monoisotopic (exact) mass is 359 g/mol. The predicted octanol–water partition coefficient (Wildman–Crippen LogP) is 4.23. The van der Waals surface area contributed by atoms with Gasteiger partial charge in [-0.1, -0.05) is 11.6 Å². The maximum absolute atomic E-state index is 13.0. The highest BCUT2D eigenvalue weighted by Crippen LogP contribution is 2.34. The zero-order valence-electron chi connectivity index (χ0n) is 15.1. The fraction of sp³-hybridized carbons (Fsp3) is 0.550. The van der Waals surface area contributed by atoms with E-state index >= 15 is 0 Å². The van der Waals surface area contributed by atoms with Crippen molar-refractivity contribution in [3.63, 3.8) is 0 Å². The fourth-order valence-electron chi connectivity index (χ4n) is 4.66. The van der Waals surface area contributed by atoms with Gasteiger partial charge in [0.05, 0.1) is 11.1 Å². The van der Waals surface area contributed by atoms with E-state index in [0.29, 0.717) is 28.7 Å². The number of piperidine rings is 1.